The predicted molar refractivity (Wildman–Crippen MR) is 49.9 cm³/mol. The highest BCUT2D eigenvalue weighted by Gasteiger charge is 2.15. The highest BCUT2D eigenvalue weighted by atomic mass is 127. The Balaban J connectivity index is 3.04. The largest absolute Gasteiger partial charge is 0.358 e. The van der Waals surface area contributed by atoms with Gasteiger partial charge in [0, 0.05) is 6.42 Å². The van der Waals surface area contributed by atoms with Crippen molar-refractivity contribution in [1.82, 2.24) is 0 Å². The summed E-state index contributed by atoms with van der Waals surface area (Å²) in [6, 6.07) is 0. The lowest BCUT2D eigenvalue weighted by Gasteiger charge is -2.12. The van der Waals surface area contributed by atoms with Crippen LogP contribution in [-0.2, 0) is 0 Å². The fourth-order valence-electron chi connectivity index (χ4n) is 0.777. The first-order valence-electron chi connectivity index (χ1n) is 3.70. The van der Waals surface area contributed by atoms with Gasteiger partial charge in [0.05, 0.1) is 0 Å². The fourth-order valence-corrected chi connectivity index (χ4v) is 1.16. The SMILES string of the molecule is CCCCCCC(O)(O)I. The third-order valence-corrected chi connectivity index (χ3v) is 1.89. The van der Waals surface area contributed by atoms with E-state index in [-0.39, 0.29) is 0 Å². The highest BCUT2D eigenvalue weighted by molar-refractivity contribution is 14.1. The van der Waals surface area contributed by atoms with Gasteiger partial charge in [0.15, 0.2) is 0 Å². The number of aliphatic hydroxyl groups is 2. The maximum absolute atomic E-state index is 8.86. The van der Waals surface area contributed by atoms with Gasteiger partial charge in [-0.2, -0.15) is 0 Å². The second-order valence-electron chi connectivity index (χ2n) is 2.53. The molecule has 0 fully saturated rings. The minimum absolute atomic E-state index is 0.480. The third-order valence-electron chi connectivity index (χ3n) is 1.35. The van der Waals surface area contributed by atoms with Crippen LogP contribution in [0.4, 0.5) is 0 Å². The molecular weight excluding hydrogens is 243 g/mol. The van der Waals surface area contributed by atoms with Crippen molar-refractivity contribution in [3.8, 4) is 0 Å². The van der Waals surface area contributed by atoms with Gasteiger partial charge in [-0.25, -0.2) is 0 Å². The van der Waals surface area contributed by atoms with Crippen molar-refractivity contribution in [3.63, 3.8) is 0 Å². The van der Waals surface area contributed by atoms with Crippen LogP contribution >= 0.6 is 22.6 Å². The maximum Gasteiger partial charge on any atom is 0.216 e. The molecule has 10 heavy (non-hydrogen) atoms. The Bertz CT molecular complexity index is 78.2. The van der Waals surface area contributed by atoms with Gasteiger partial charge in [0.2, 0.25) is 3.79 Å². The molecule has 3 heteroatoms. The van der Waals surface area contributed by atoms with Crippen LogP contribution in [0.1, 0.15) is 39.0 Å². The van der Waals surface area contributed by atoms with Crippen molar-refractivity contribution in [3.05, 3.63) is 0 Å². The van der Waals surface area contributed by atoms with E-state index in [1.165, 1.54) is 12.8 Å². The van der Waals surface area contributed by atoms with E-state index in [4.69, 9.17) is 10.2 Å². The van der Waals surface area contributed by atoms with Crippen molar-refractivity contribution in [1.29, 1.82) is 0 Å². The van der Waals surface area contributed by atoms with Crippen molar-refractivity contribution < 1.29 is 10.2 Å². The lowest BCUT2D eigenvalue weighted by Crippen LogP contribution is -2.17. The van der Waals surface area contributed by atoms with Gasteiger partial charge in [0.1, 0.15) is 0 Å². The zero-order valence-electron chi connectivity index (χ0n) is 6.31. The highest BCUT2D eigenvalue weighted by Crippen LogP contribution is 2.18. The van der Waals surface area contributed by atoms with E-state index in [0.29, 0.717) is 6.42 Å². The molecule has 0 unspecified atom stereocenters. The Morgan fingerprint density at radius 3 is 2.20 bits per heavy atom. The first-order chi connectivity index (χ1) is 4.56. The molecule has 0 aromatic heterocycles. The zero-order chi connectivity index (χ0) is 8.04. The Morgan fingerprint density at radius 1 is 1.20 bits per heavy atom. The normalized spacial score (nSPS) is 12.0. The second kappa shape index (κ2) is 5.32. The third kappa shape index (κ3) is 8.65. The molecule has 62 valence electrons. The molecule has 2 N–H and O–H groups in total. The number of hydrogen-bond donors (Lipinski definition) is 2. The van der Waals surface area contributed by atoms with Crippen LogP contribution in [0.15, 0.2) is 0 Å². The van der Waals surface area contributed by atoms with Crippen LogP contribution in [0.25, 0.3) is 0 Å². The molecule has 0 saturated heterocycles. The Kier molecular flexibility index (Phi) is 5.67. The molecule has 0 aromatic rings. The summed E-state index contributed by atoms with van der Waals surface area (Å²) in [4.78, 5) is 0. The number of unbranched alkanes of at least 4 members (excludes halogenated alkanes) is 3. The number of rotatable bonds is 5. The molecule has 2 nitrogen and oxygen atoms in total. The van der Waals surface area contributed by atoms with Gasteiger partial charge < -0.3 is 10.2 Å². The molecule has 0 saturated carbocycles. The molecule has 0 aliphatic carbocycles. The summed E-state index contributed by atoms with van der Waals surface area (Å²) in [7, 11) is 0. The number of alkyl halides is 1. The van der Waals surface area contributed by atoms with E-state index in [1.807, 2.05) is 0 Å². The molecule has 0 aliphatic heterocycles. The van der Waals surface area contributed by atoms with Crippen LogP contribution in [0.3, 0.4) is 0 Å². The molecule has 0 atom stereocenters. The van der Waals surface area contributed by atoms with Crippen LogP contribution in [-0.4, -0.2) is 14.0 Å². The molecule has 0 aromatic carbocycles. The molecule has 0 amide bonds. The average Bonchev–Trinajstić information content (AvgIpc) is 1.78. The number of hydrogen-bond acceptors (Lipinski definition) is 2. The first kappa shape index (κ1) is 10.7. The van der Waals surface area contributed by atoms with Crippen LogP contribution in [0, 0.1) is 0 Å². The minimum Gasteiger partial charge on any atom is -0.358 e. The van der Waals surface area contributed by atoms with Gasteiger partial charge in [-0.3, -0.25) is 0 Å². The Hall–Kier alpha value is 0.650. The quantitative estimate of drug-likeness (QED) is 0.343. The van der Waals surface area contributed by atoms with E-state index in [9.17, 15) is 0 Å². The Morgan fingerprint density at radius 2 is 1.80 bits per heavy atom. The second-order valence-corrected chi connectivity index (χ2v) is 4.26. The Labute approximate surface area is 75.8 Å². The zero-order valence-corrected chi connectivity index (χ0v) is 8.47. The molecule has 0 aliphatic rings. The van der Waals surface area contributed by atoms with Crippen molar-refractivity contribution in [2.75, 3.05) is 0 Å². The molecule has 0 radical (unpaired) electrons. The van der Waals surface area contributed by atoms with Crippen LogP contribution in [0.5, 0.6) is 0 Å². The number of halogens is 1. The van der Waals surface area contributed by atoms with E-state index < -0.39 is 3.79 Å². The summed E-state index contributed by atoms with van der Waals surface area (Å²) in [6.45, 7) is 2.13. The van der Waals surface area contributed by atoms with E-state index >= 15 is 0 Å². The summed E-state index contributed by atoms with van der Waals surface area (Å²) in [6.07, 6.45) is 4.86. The van der Waals surface area contributed by atoms with Crippen molar-refractivity contribution in [2.24, 2.45) is 0 Å². The predicted octanol–water partition coefficient (Wildman–Crippen LogP) is 2.03. The molecule has 0 bridgehead atoms. The topological polar surface area (TPSA) is 40.5 Å². The average molecular weight is 258 g/mol. The fraction of sp³-hybridized carbons (Fsp3) is 1.00. The van der Waals surface area contributed by atoms with Crippen LogP contribution < -0.4 is 0 Å². The molecular formula is C7H15IO2. The molecule has 0 rings (SSSR count). The summed E-state index contributed by atoms with van der Waals surface area (Å²) in [5.41, 5.74) is 0. The lowest BCUT2D eigenvalue weighted by molar-refractivity contribution is -0.0647. The van der Waals surface area contributed by atoms with Crippen molar-refractivity contribution >= 4 is 22.6 Å². The van der Waals surface area contributed by atoms with Crippen molar-refractivity contribution in [2.45, 2.75) is 42.8 Å². The van der Waals surface area contributed by atoms with Gasteiger partial charge >= 0.3 is 0 Å². The summed E-state index contributed by atoms with van der Waals surface area (Å²) in [5, 5.41) is 17.7. The van der Waals surface area contributed by atoms with Gasteiger partial charge in [-0.05, 0) is 29.0 Å². The van der Waals surface area contributed by atoms with Gasteiger partial charge in [0.25, 0.3) is 0 Å². The lowest BCUT2D eigenvalue weighted by atomic mass is 10.1. The van der Waals surface area contributed by atoms with E-state index in [0.717, 1.165) is 12.8 Å². The summed E-state index contributed by atoms with van der Waals surface area (Å²) < 4.78 is -1.48. The smallest absolute Gasteiger partial charge is 0.216 e. The summed E-state index contributed by atoms with van der Waals surface area (Å²) in [5.74, 6) is 0. The first-order valence-corrected chi connectivity index (χ1v) is 4.78. The van der Waals surface area contributed by atoms with E-state index in [1.54, 1.807) is 22.6 Å². The maximum atomic E-state index is 8.86. The molecule has 0 spiro atoms. The monoisotopic (exact) mass is 258 g/mol. The van der Waals surface area contributed by atoms with Gasteiger partial charge in [-0.15, -0.1) is 0 Å². The van der Waals surface area contributed by atoms with E-state index in [2.05, 4.69) is 6.92 Å². The van der Waals surface area contributed by atoms with Gasteiger partial charge in [-0.1, -0.05) is 26.2 Å². The van der Waals surface area contributed by atoms with Crippen LogP contribution in [0.2, 0.25) is 0 Å². The molecule has 0 heterocycles. The standard InChI is InChI=1S/C7H15IO2/c1-2-3-4-5-6-7(8,9)10/h9-10H,2-6H2,1H3. The minimum atomic E-state index is -1.48. The summed E-state index contributed by atoms with van der Waals surface area (Å²) >= 11 is 1.64.